The van der Waals surface area contributed by atoms with Gasteiger partial charge >= 0.3 is 0 Å². The van der Waals surface area contributed by atoms with Gasteiger partial charge < -0.3 is 9.32 Å². The van der Waals surface area contributed by atoms with Crippen LogP contribution in [0.25, 0.3) is 76.9 Å². The number of hydrogen-bond acceptors (Lipinski definition) is 2. The van der Waals surface area contributed by atoms with Gasteiger partial charge in [-0.25, -0.2) is 0 Å². The molecule has 55 heavy (non-hydrogen) atoms. The molecular weight excluding hydrogens is 667 g/mol. The molecule has 1 aliphatic rings. The number of rotatable bonds is 5. The summed E-state index contributed by atoms with van der Waals surface area (Å²) in [6.45, 7) is 4.70. The average molecular weight is 704 g/mol. The summed E-state index contributed by atoms with van der Waals surface area (Å²) in [4.78, 5) is 2.43. The lowest BCUT2D eigenvalue weighted by Crippen LogP contribution is -2.17. The van der Waals surface area contributed by atoms with E-state index in [4.69, 9.17) is 4.42 Å². The summed E-state index contributed by atoms with van der Waals surface area (Å²) in [6, 6.07) is 68.2. The lowest BCUT2D eigenvalue weighted by molar-refractivity contribution is 0.660. The fourth-order valence-corrected chi connectivity index (χ4v) is 9.22. The van der Waals surface area contributed by atoms with E-state index in [1.54, 1.807) is 0 Å². The van der Waals surface area contributed by atoms with Crippen LogP contribution in [-0.2, 0) is 5.41 Å². The monoisotopic (exact) mass is 703 g/mol. The van der Waals surface area contributed by atoms with E-state index >= 15 is 0 Å². The number of furan rings is 1. The molecule has 1 aliphatic carbocycles. The van der Waals surface area contributed by atoms with E-state index in [2.05, 4.69) is 207 Å². The van der Waals surface area contributed by atoms with E-state index in [0.717, 1.165) is 55.5 Å². The van der Waals surface area contributed by atoms with Crippen molar-refractivity contribution in [3.8, 4) is 33.4 Å². The van der Waals surface area contributed by atoms with Crippen LogP contribution in [0.2, 0.25) is 0 Å². The van der Waals surface area contributed by atoms with Crippen molar-refractivity contribution < 1.29 is 4.42 Å². The third kappa shape index (κ3) is 4.74. The maximum absolute atomic E-state index is 7.22. The second-order valence-corrected chi connectivity index (χ2v) is 15.2. The highest BCUT2D eigenvalue weighted by Gasteiger charge is 2.36. The number of fused-ring (bicyclic) bond motifs is 11. The predicted molar refractivity (Wildman–Crippen MR) is 232 cm³/mol. The quantitative estimate of drug-likeness (QED) is 0.166. The Hall–Kier alpha value is -6.90. The van der Waals surface area contributed by atoms with Crippen molar-refractivity contribution in [2.75, 3.05) is 4.90 Å². The fourth-order valence-electron chi connectivity index (χ4n) is 9.22. The van der Waals surface area contributed by atoms with Gasteiger partial charge in [-0.3, -0.25) is 0 Å². The first-order valence-electron chi connectivity index (χ1n) is 19.1. The Morgan fingerprint density at radius 2 is 0.964 bits per heavy atom. The van der Waals surface area contributed by atoms with Crippen molar-refractivity contribution >= 4 is 60.5 Å². The number of hydrogen-bond donors (Lipinski definition) is 0. The van der Waals surface area contributed by atoms with Crippen molar-refractivity contribution in [3.63, 3.8) is 0 Å². The van der Waals surface area contributed by atoms with Gasteiger partial charge in [-0.2, -0.15) is 0 Å². The van der Waals surface area contributed by atoms with Crippen LogP contribution < -0.4 is 4.90 Å². The van der Waals surface area contributed by atoms with Crippen LogP contribution in [0.3, 0.4) is 0 Å². The van der Waals surface area contributed by atoms with Crippen molar-refractivity contribution in [3.05, 3.63) is 199 Å². The fraction of sp³-hybridized carbons (Fsp3) is 0.0566. The summed E-state index contributed by atoms with van der Waals surface area (Å²) < 4.78 is 7.22. The third-order valence-electron chi connectivity index (χ3n) is 11.9. The molecule has 0 radical (unpaired) electrons. The Morgan fingerprint density at radius 1 is 0.400 bits per heavy atom. The van der Waals surface area contributed by atoms with Gasteiger partial charge in [0, 0.05) is 38.5 Å². The second kappa shape index (κ2) is 12.1. The average Bonchev–Trinajstić information content (AvgIpc) is 3.75. The zero-order chi connectivity index (χ0) is 36.7. The lowest BCUT2D eigenvalue weighted by Gasteiger charge is -2.30. The van der Waals surface area contributed by atoms with Gasteiger partial charge in [0.15, 0.2) is 0 Å². The lowest BCUT2D eigenvalue weighted by atomic mass is 9.82. The molecule has 0 fully saturated rings. The van der Waals surface area contributed by atoms with Crippen LogP contribution in [-0.4, -0.2) is 0 Å². The van der Waals surface area contributed by atoms with E-state index in [1.807, 2.05) is 0 Å². The molecule has 0 saturated carbocycles. The summed E-state index contributed by atoms with van der Waals surface area (Å²) in [7, 11) is 0. The van der Waals surface area contributed by atoms with E-state index < -0.39 is 0 Å². The van der Waals surface area contributed by atoms with Crippen molar-refractivity contribution in [1.29, 1.82) is 0 Å². The normalized spacial score (nSPS) is 13.1. The molecule has 0 spiro atoms. The molecule has 0 bridgehead atoms. The first-order chi connectivity index (χ1) is 27.1. The molecule has 0 N–H and O–H groups in total. The van der Waals surface area contributed by atoms with E-state index in [-0.39, 0.29) is 5.41 Å². The van der Waals surface area contributed by atoms with Crippen LogP contribution in [0.5, 0.6) is 0 Å². The molecule has 0 amide bonds. The van der Waals surface area contributed by atoms with Gasteiger partial charge in [0.05, 0.1) is 5.69 Å². The van der Waals surface area contributed by atoms with E-state index in [9.17, 15) is 0 Å². The van der Waals surface area contributed by atoms with Crippen molar-refractivity contribution in [1.82, 2.24) is 0 Å². The van der Waals surface area contributed by atoms with Crippen LogP contribution in [0.1, 0.15) is 25.0 Å². The minimum Gasteiger partial charge on any atom is -0.455 e. The number of nitrogens with zero attached hydrogens (tertiary/aromatic N) is 1. The van der Waals surface area contributed by atoms with Gasteiger partial charge in [0.1, 0.15) is 11.2 Å². The standard InChI is InChI=1S/C53H37NO/c1-53(2)46-24-14-13-21-41(46)42-30-29-38(33-47(42)53)54(37-27-25-35(26-28-37)34-15-5-3-6-16-34)48-32-31-45-50-43-22-11-9-19-39(43)40-20-10-12-23-44(40)51(50)55-52(45)49(48)36-17-7-4-8-18-36/h3-33H,1-2H3. The molecule has 260 valence electrons. The Morgan fingerprint density at radius 3 is 1.71 bits per heavy atom. The molecule has 0 aliphatic heterocycles. The van der Waals surface area contributed by atoms with Crippen molar-refractivity contribution in [2.45, 2.75) is 19.3 Å². The summed E-state index contributed by atoms with van der Waals surface area (Å²) >= 11 is 0. The SMILES string of the molecule is CC1(C)c2ccccc2-c2ccc(N(c3ccc(-c4ccccc4)cc3)c3ccc4c(oc5c6ccccc6c6ccccc6c45)c3-c3ccccc3)cc21. The highest BCUT2D eigenvalue weighted by atomic mass is 16.3. The van der Waals surface area contributed by atoms with Crippen LogP contribution in [0.15, 0.2) is 192 Å². The number of benzene rings is 9. The van der Waals surface area contributed by atoms with Crippen molar-refractivity contribution in [2.24, 2.45) is 0 Å². The van der Waals surface area contributed by atoms with Crippen LogP contribution in [0.4, 0.5) is 17.1 Å². The zero-order valence-electron chi connectivity index (χ0n) is 30.8. The summed E-state index contributed by atoms with van der Waals surface area (Å²) in [6.07, 6.45) is 0. The molecule has 1 aromatic heterocycles. The Kier molecular flexibility index (Phi) is 6.93. The first kappa shape index (κ1) is 31.6. The molecule has 2 heteroatoms. The third-order valence-corrected chi connectivity index (χ3v) is 11.9. The molecular formula is C53H37NO. The Balaban J connectivity index is 1.22. The predicted octanol–water partition coefficient (Wildman–Crippen LogP) is 15.0. The van der Waals surface area contributed by atoms with Crippen LogP contribution in [0, 0.1) is 0 Å². The Bertz CT molecular complexity index is 3100. The highest BCUT2D eigenvalue weighted by Crippen LogP contribution is 2.53. The van der Waals surface area contributed by atoms with E-state index in [1.165, 1.54) is 49.5 Å². The van der Waals surface area contributed by atoms with Gasteiger partial charge in [-0.1, -0.05) is 166 Å². The molecule has 0 unspecified atom stereocenters. The maximum Gasteiger partial charge on any atom is 0.145 e. The maximum atomic E-state index is 7.22. The molecule has 9 aromatic carbocycles. The minimum atomic E-state index is -0.141. The van der Waals surface area contributed by atoms with Gasteiger partial charge in [0.25, 0.3) is 0 Å². The first-order valence-corrected chi connectivity index (χ1v) is 19.1. The molecule has 0 atom stereocenters. The minimum absolute atomic E-state index is 0.141. The van der Waals surface area contributed by atoms with E-state index in [0.29, 0.717) is 0 Å². The zero-order valence-corrected chi connectivity index (χ0v) is 30.8. The summed E-state index contributed by atoms with van der Waals surface area (Å²) in [5.74, 6) is 0. The molecule has 0 saturated heterocycles. The molecule has 2 nitrogen and oxygen atoms in total. The highest BCUT2D eigenvalue weighted by molar-refractivity contribution is 6.31. The van der Waals surface area contributed by atoms with Gasteiger partial charge in [-0.15, -0.1) is 0 Å². The molecule has 11 rings (SSSR count). The summed E-state index contributed by atoms with van der Waals surface area (Å²) in [5.41, 5.74) is 14.8. The largest absolute Gasteiger partial charge is 0.455 e. The second-order valence-electron chi connectivity index (χ2n) is 15.2. The summed E-state index contributed by atoms with van der Waals surface area (Å²) in [5, 5.41) is 7.04. The Labute approximate surface area is 320 Å². The van der Waals surface area contributed by atoms with Crippen LogP contribution >= 0.6 is 0 Å². The molecule has 10 aromatic rings. The van der Waals surface area contributed by atoms with Gasteiger partial charge in [-0.05, 0) is 91.5 Å². The molecule has 1 heterocycles. The number of anilines is 3. The topological polar surface area (TPSA) is 16.4 Å². The van der Waals surface area contributed by atoms with Gasteiger partial charge in [0.2, 0.25) is 0 Å². The smallest absolute Gasteiger partial charge is 0.145 e.